The lowest BCUT2D eigenvalue weighted by atomic mass is 10.2. The molecule has 2 N–H and O–H groups in total. The van der Waals surface area contributed by atoms with Gasteiger partial charge < -0.3 is 15.2 Å². The van der Waals surface area contributed by atoms with Crippen LogP contribution < -0.4 is 10.6 Å². The first-order chi connectivity index (χ1) is 9.28. The van der Waals surface area contributed by atoms with E-state index in [0.29, 0.717) is 12.6 Å². The fourth-order valence-corrected chi connectivity index (χ4v) is 2.56. The van der Waals surface area contributed by atoms with E-state index in [1.54, 1.807) is 0 Å². The molecular weight excluding hydrogens is 367 g/mol. The van der Waals surface area contributed by atoms with Crippen LogP contribution in [0.1, 0.15) is 37.8 Å². The topological polar surface area (TPSA) is 67.1 Å². The van der Waals surface area contributed by atoms with Crippen LogP contribution in [0.2, 0.25) is 0 Å². The molecule has 20 heavy (non-hydrogen) atoms. The zero-order valence-corrected chi connectivity index (χ0v) is 14.4. The van der Waals surface area contributed by atoms with Crippen molar-refractivity contribution in [3.8, 4) is 0 Å². The zero-order valence-electron chi connectivity index (χ0n) is 12.1. The molecule has 112 valence electrons. The third kappa shape index (κ3) is 3.42. The van der Waals surface area contributed by atoms with Crippen LogP contribution in [0.25, 0.3) is 0 Å². The van der Waals surface area contributed by atoms with Gasteiger partial charge in [-0.3, -0.25) is 4.99 Å². The smallest absolute Gasteiger partial charge is 0.191 e. The average molecular weight is 390 g/mol. The van der Waals surface area contributed by atoms with Gasteiger partial charge in [0.25, 0.3) is 0 Å². The molecule has 2 heterocycles. The number of halogens is 1. The second-order valence-corrected chi connectivity index (χ2v) is 5.53. The third-order valence-corrected chi connectivity index (χ3v) is 4.01. The van der Waals surface area contributed by atoms with Crippen molar-refractivity contribution in [2.24, 2.45) is 10.9 Å². The van der Waals surface area contributed by atoms with E-state index in [2.05, 4.69) is 37.3 Å². The van der Waals surface area contributed by atoms with Gasteiger partial charge in [0.05, 0.1) is 6.54 Å². The van der Waals surface area contributed by atoms with Crippen LogP contribution in [0, 0.1) is 5.92 Å². The summed E-state index contributed by atoms with van der Waals surface area (Å²) in [5.74, 6) is 3.77. The maximum atomic E-state index is 4.28. The predicted octanol–water partition coefficient (Wildman–Crippen LogP) is 1.31. The van der Waals surface area contributed by atoms with Gasteiger partial charge in [-0.25, -0.2) is 0 Å². The van der Waals surface area contributed by atoms with Crippen LogP contribution in [0.5, 0.6) is 0 Å². The summed E-state index contributed by atoms with van der Waals surface area (Å²) in [4.78, 5) is 4.25. The summed E-state index contributed by atoms with van der Waals surface area (Å²) in [7, 11) is 1.81. The Balaban J connectivity index is 0.00000147. The Morgan fingerprint density at radius 1 is 1.40 bits per heavy atom. The molecule has 1 aliphatic heterocycles. The van der Waals surface area contributed by atoms with Crippen LogP contribution in [0.4, 0.5) is 0 Å². The van der Waals surface area contributed by atoms with Gasteiger partial charge in [-0.2, -0.15) is 0 Å². The highest BCUT2D eigenvalue weighted by Crippen LogP contribution is 2.28. The van der Waals surface area contributed by atoms with Crippen LogP contribution in [0.15, 0.2) is 4.99 Å². The van der Waals surface area contributed by atoms with Crippen molar-refractivity contribution in [1.82, 2.24) is 25.4 Å². The molecular formula is C13H23IN6. The Labute approximate surface area is 136 Å². The van der Waals surface area contributed by atoms with Gasteiger partial charge in [0.1, 0.15) is 5.82 Å². The highest BCUT2D eigenvalue weighted by Gasteiger charge is 2.33. The van der Waals surface area contributed by atoms with Crippen molar-refractivity contribution in [2.45, 2.75) is 51.7 Å². The summed E-state index contributed by atoms with van der Waals surface area (Å²) in [5.41, 5.74) is 0. The number of aryl methyl sites for hydroxylation is 1. The van der Waals surface area contributed by atoms with E-state index in [1.165, 1.54) is 19.3 Å². The van der Waals surface area contributed by atoms with Crippen LogP contribution >= 0.6 is 24.0 Å². The van der Waals surface area contributed by atoms with E-state index in [9.17, 15) is 0 Å². The third-order valence-electron chi connectivity index (χ3n) is 4.01. The van der Waals surface area contributed by atoms with Crippen molar-refractivity contribution < 1.29 is 0 Å². The Hall–Kier alpha value is -0.860. The molecule has 1 aromatic rings. The van der Waals surface area contributed by atoms with Crippen LogP contribution in [-0.4, -0.2) is 33.8 Å². The number of nitrogens with zero attached hydrogens (tertiary/aromatic N) is 4. The predicted molar refractivity (Wildman–Crippen MR) is 89.3 cm³/mol. The first-order valence-electron chi connectivity index (χ1n) is 7.16. The maximum Gasteiger partial charge on any atom is 0.191 e. The molecule has 1 aliphatic carbocycles. The average Bonchev–Trinajstić information content (AvgIpc) is 2.98. The molecule has 2 aliphatic rings. The number of hydrogen-bond acceptors (Lipinski definition) is 3. The number of nitrogens with one attached hydrogen (secondary N) is 2. The molecule has 6 nitrogen and oxygen atoms in total. The van der Waals surface area contributed by atoms with E-state index in [-0.39, 0.29) is 24.0 Å². The zero-order chi connectivity index (χ0) is 13.2. The van der Waals surface area contributed by atoms with Crippen molar-refractivity contribution in [3.63, 3.8) is 0 Å². The number of guanidine groups is 1. The summed E-state index contributed by atoms with van der Waals surface area (Å²) in [6, 6.07) is 0.582. The normalized spacial score (nSPS) is 24.6. The Morgan fingerprint density at radius 2 is 2.20 bits per heavy atom. The molecule has 7 heteroatoms. The molecule has 2 unspecified atom stereocenters. The van der Waals surface area contributed by atoms with Gasteiger partial charge in [-0.15, -0.1) is 34.2 Å². The Bertz CT molecular complexity index is 483. The summed E-state index contributed by atoms with van der Waals surface area (Å²) < 4.78 is 2.24. The number of aromatic nitrogens is 3. The highest BCUT2D eigenvalue weighted by atomic mass is 127. The SMILES string of the molecule is CN=C(NCc1nnc2n1CCCC2)NC1CC1C.I. The van der Waals surface area contributed by atoms with E-state index < -0.39 is 0 Å². The monoisotopic (exact) mass is 390 g/mol. The molecule has 0 amide bonds. The fraction of sp³-hybridized carbons (Fsp3) is 0.769. The minimum absolute atomic E-state index is 0. The van der Waals surface area contributed by atoms with Gasteiger partial charge in [0, 0.05) is 26.1 Å². The first kappa shape index (κ1) is 15.5. The molecule has 2 atom stereocenters. The second kappa shape index (κ2) is 6.73. The Morgan fingerprint density at radius 3 is 2.90 bits per heavy atom. The van der Waals surface area contributed by atoms with Crippen molar-refractivity contribution in [2.75, 3.05) is 7.05 Å². The van der Waals surface area contributed by atoms with Crippen LogP contribution in [-0.2, 0) is 19.5 Å². The lowest BCUT2D eigenvalue weighted by Crippen LogP contribution is -2.39. The van der Waals surface area contributed by atoms with Gasteiger partial charge in [0.2, 0.25) is 0 Å². The minimum Gasteiger partial charge on any atom is -0.353 e. The van der Waals surface area contributed by atoms with Gasteiger partial charge in [-0.05, 0) is 25.2 Å². The van der Waals surface area contributed by atoms with Gasteiger partial charge >= 0.3 is 0 Å². The van der Waals surface area contributed by atoms with Crippen molar-refractivity contribution in [1.29, 1.82) is 0 Å². The second-order valence-electron chi connectivity index (χ2n) is 5.53. The summed E-state index contributed by atoms with van der Waals surface area (Å²) in [5, 5.41) is 15.3. The fourth-order valence-electron chi connectivity index (χ4n) is 2.56. The molecule has 0 bridgehead atoms. The van der Waals surface area contributed by atoms with Crippen LogP contribution in [0.3, 0.4) is 0 Å². The number of aliphatic imine (C=N–C) groups is 1. The Kier molecular flexibility index (Phi) is 5.22. The number of fused-ring (bicyclic) bond motifs is 1. The molecule has 0 saturated heterocycles. The summed E-state index contributed by atoms with van der Waals surface area (Å²) in [6.07, 6.45) is 4.75. The largest absolute Gasteiger partial charge is 0.353 e. The number of hydrogen-bond donors (Lipinski definition) is 2. The molecule has 1 fully saturated rings. The van der Waals surface area contributed by atoms with E-state index >= 15 is 0 Å². The lowest BCUT2D eigenvalue weighted by Gasteiger charge is -2.16. The molecule has 0 aromatic carbocycles. The molecule has 0 radical (unpaired) electrons. The quantitative estimate of drug-likeness (QED) is 0.464. The minimum atomic E-state index is 0. The van der Waals surface area contributed by atoms with Crippen molar-refractivity contribution in [3.05, 3.63) is 11.6 Å². The van der Waals surface area contributed by atoms with Gasteiger partial charge in [-0.1, -0.05) is 6.92 Å². The maximum absolute atomic E-state index is 4.28. The molecule has 1 aromatic heterocycles. The lowest BCUT2D eigenvalue weighted by molar-refractivity contribution is 0.504. The highest BCUT2D eigenvalue weighted by molar-refractivity contribution is 14.0. The molecule has 1 saturated carbocycles. The van der Waals surface area contributed by atoms with E-state index in [4.69, 9.17) is 0 Å². The first-order valence-corrected chi connectivity index (χ1v) is 7.16. The standard InChI is InChI=1S/C13H22N6.HI/c1-9-7-10(9)16-13(14-2)15-8-12-18-17-11-5-3-4-6-19(11)12;/h9-10H,3-8H2,1-2H3,(H2,14,15,16);1H. The molecule has 0 spiro atoms. The van der Waals surface area contributed by atoms with E-state index in [0.717, 1.165) is 36.5 Å². The van der Waals surface area contributed by atoms with Gasteiger partial charge in [0.15, 0.2) is 11.8 Å². The van der Waals surface area contributed by atoms with Crippen molar-refractivity contribution >= 4 is 29.9 Å². The summed E-state index contributed by atoms with van der Waals surface area (Å²) >= 11 is 0. The van der Waals surface area contributed by atoms with E-state index in [1.807, 2.05) is 7.05 Å². The number of rotatable bonds is 3. The molecule has 3 rings (SSSR count). The summed E-state index contributed by atoms with van der Waals surface area (Å²) in [6.45, 7) is 3.98.